The second-order valence-corrected chi connectivity index (χ2v) is 4.48. The van der Waals surface area contributed by atoms with Crippen LogP contribution in [0.15, 0.2) is 0 Å². The molecule has 0 spiro atoms. The van der Waals surface area contributed by atoms with Crippen molar-refractivity contribution in [1.29, 1.82) is 0 Å². The monoisotopic (exact) mass is 274 g/mol. The highest BCUT2D eigenvalue weighted by Gasteiger charge is 2.18. The van der Waals surface area contributed by atoms with Crippen LogP contribution in [0, 0.1) is 5.92 Å². The summed E-state index contributed by atoms with van der Waals surface area (Å²) in [7, 11) is 0. The van der Waals surface area contributed by atoms with Crippen LogP contribution in [0.2, 0.25) is 0 Å². The van der Waals surface area contributed by atoms with E-state index in [0.717, 1.165) is 19.4 Å². The third-order valence-electron chi connectivity index (χ3n) is 2.67. The van der Waals surface area contributed by atoms with Crippen LogP contribution in [-0.2, 0) is 9.53 Å². The van der Waals surface area contributed by atoms with E-state index in [1.165, 1.54) is 4.90 Å². The first-order valence-corrected chi connectivity index (χ1v) is 6.86. The van der Waals surface area contributed by atoms with E-state index in [1.807, 2.05) is 13.8 Å². The first-order chi connectivity index (χ1) is 9.02. The van der Waals surface area contributed by atoms with Gasteiger partial charge in [0.2, 0.25) is 0 Å². The number of amides is 2. The Balaban J connectivity index is 3.85. The largest absolute Gasteiger partial charge is 0.481 e. The molecule has 112 valence electrons. The van der Waals surface area contributed by atoms with Crippen molar-refractivity contribution in [3.63, 3.8) is 0 Å². The fraction of sp³-hybridized carbons (Fsp3) is 0.846. The number of aliphatic carboxylic acids is 1. The van der Waals surface area contributed by atoms with Crippen LogP contribution in [0.25, 0.3) is 0 Å². The zero-order chi connectivity index (χ0) is 14.7. The summed E-state index contributed by atoms with van der Waals surface area (Å²) in [6.07, 6.45) is 1.75. The third kappa shape index (κ3) is 8.42. The summed E-state index contributed by atoms with van der Waals surface area (Å²) in [5, 5.41) is 11.6. The Morgan fingerprint density at radius 1 is 1.32 bits per heavy atom. The lowest BCUT2D eigenvalue weighted by molar-refractivity contribution is -0.141. The number of carbonyl (C=O) groups is 2. The van der Waals surface area contributed by atoms with E-state index in [-0.39, 0.29) is 12.6 Å². The van der Waals surface area contributed by atoms with Crippen LogP contribution in [-0.4, -0.2) is 54.9 Å². The summed E-state index contributed by atoms with van der Waals surface area (Å²) in [4.78, 5) is 24.1. The van der Waals surface area contributed by atoms with Gasteiger partial charge in [0.05, 0.1) is 5.92 Å². The number of carboxylic acid groups (broad SMARTS) is 1. The normalized spacial score (nSPS) is 11.9. The van der Waals surface area contributed by atoms with Crippen molar-refractivity contribution < 1.29 is 19.4 Å². The van der Waals surface area contributed by atoms with E-state index in [4.69, 9.17) is 9.84 Å². The van der Waals surface area contributed by atoms with E-state index in [1.54, 1.807) is 6.92 Å². The number of hydrogen-bond acceptors (Lipinski definition) is 3. The van der Waals surface area contributed by atoms with Crippen molar-refractivity contribution in [2.45, 2.75) is 33.6 Å². The molecule has 0 fully saturated rings. The molecule has 1 atom stereocenters. The first-order valence-electron chi connectivity index (χ1n) is 6.86. The fourth-order valence-corrected chi connectivity index (χ4v) is 1.49. The number of ether oxygens (including phenoxy) is 1. The quantitative estimate of drug-likeness (QED) is 0.592. The lowest BCUT2D eigenvalue weighted by atomic mass is 10.2. The summed E-state index contributed by atoms with van der Waals surface area (Å²) in [6, 6.07) is -0.217. The van der Waals surface area contributed by atoms with Gasteiger partial charge in [0.1, 0.15) is 0 Å². The lowest BCUT2D eigenvalue weighted by Gasteiger charge is -2.23. The van der Waals surface area contributed by atoms with E-state index in [2.05, 4.69) is 5.32 Å². The van der Waals surface area contributed by atoms with Crippen molar-refractivity contribution in [2.75, 3.05) is 32.8 Å². The molecule has 0 heterocycles. The van der Waals surface area contributed by atoms with Crippen LogP contribution in [0.5, 0.6) is 0 Å². The Labute approximate surface area is 115 Å². The van der Waals surface area contributed by atoms with Crippen molar-refractivity contribution >= 4 is 12.0 Å². The molecule has 6 nitrogen and oxygen atoms in total. The number of nitrogens with one attached hydrogen (secondary N) is 1. The summed E-state index contributed by atoms with van der Waals surface area (Å²) in [5.74, 6) is -1.45. The van der Waals surface area contributed by atoms with Gasteiger partial charge in [-0.3, -0.25) is 4.79 Å². The average Bonchev–Trinajstić information content (AvgIpc) is 2.39. The van der Waals surface area contributed by atoms with Gasteiger partial charge in [-0.1, -0.05) is 13.8 Å². The number of carboxylic acids is 1. The molecule has 19 heavy (non-hydrogen) atoms. The smallest absolute Gasteiger partial charge is 0.317 e. The molecule has 2 amide bonds. The predicted octanol–water partition coefficient (Wildman–Crippen LogP) is 1.56. The maximum Gasteiger partial charge on any atom is 0.317 e. The molecule has 0 saturated heterocycles. The summed E-state index contributed by atoms with van der Waals surface area (Å²) >= 11 is 0. The highest BCUT2D eigenvalue weighted by molar-refractivity contribution is 5.75. The Morgan fingerprint density at radius 2 is 2.00 bits per heavy atom. The van der Waals surface area contributed by atoms with Crippen LogP contribution < -0.4 is 5.32 Å². The number of rotatable bonds is 10. The highest BCUT2D eigenvalue weighted by Crippen LogP contribution is 2.00. The number of urea groups is 1. The van der Waals surface area contributed by atoms with Gasteiger partial charge in [-0.25, -0.2) is 4.79 Å². The van der Waals surface area contributed by atoms with Crippen LogP contribution >= 0.6 is 0 Å². The van der Waals surface area contributed by atoms with Crippen molar-refractivity contribution in [3.05, 3.63) is 0 Å². The maximum atomic E-state index is 11.8. The molecule has 0 saturated carbocycles. The Morgan fingerprint density at radius 3 is 2.53 bits per heavy atom. The van der Waals surface area contributed by atoms with Gasteiger partial charge in [0.25, 0.3) is 0 Å². The molecule has 0 aromatic rings. The van der Waals surface area contributed by atoms with E-state index >= 15 is 0 Å². The molecule has 0 radical (unpaired) electrons. The van der Waals surface area contributed by atoms with E-state index < -0.39 is 11.9 Å². The van der Waals surface area contributed by atoms with Crippen molar-refractivity contribution in [2.24, 2.45) is 5.92 Å². The second kappa shape index (κ2) is 10.6. The van der Waals surface area contributed by atoms with Crippen molar-refractivity contribution in [3.8, 4) is 0 Å². The molecule has 0 aromatic carbocycles. The van der Waals surface area contributed by atoms with Gasteiger partial charge in [-0.2, -0.15) is 0 Å². The van der Waals surface area contributed by atoms with Crippen molar-refractivity contribution in [1.82, 2.24) is 10.2 Å². The Hall–Kier alpha value is -1.30. The zero-order valence-corrected chi connectivity index (χ0v) is 12.1. The van der Waals surface area contributed by atoms with Gasteiger partial charge < -0.3 is 20.1 Å². The molecule has 0 aliphatic carbocycles. The molecule has 1 unspecified atom stereocenters. The lowest BCUT2D eigenvalue weighted by Crippen LogP contribution is -2.43. The molecule has 0 aliphatic rings. The molecular weight excluding hydrogens is 248 g/mol. The van der Waals surface area contributed by atoms with Gasteiger partial charge in [-0.15, -0.1) is 0 Å². The number of hydrogen-bond donors (Lipinski definition) is 2. The fourth-order valence-electron chi connectivity index (χ4n) is 1.49. The Kier molecular flexibility index (Phi) is 9.88. The first kappa shape index (κ1) is 17.7. The van der Waals surface area contributed by atoms with Crippen LogP contribution in [0.4, 0.5) is 4.79 Å². The summed E-state index contributed by atoms with van der Waals surface area (Å²) < 4.78 is 5.30. The molecule has 0 aliphatic heterocycles. The zero-order valence-electron chi connectivity index (χ0n) is 12.1. The minimum atomic E-state index is -0.890. The van der Waals surface area contributed by atoms with Crippen LogP contribution in [0.1, 0.15) is 33.6 Å². The highest BCUT2D eigenvalue weighted by atomic mass is 16.5. The second-order valence-electron chi connectivity index (χ2n) is 4.48. The van der Waals surface area contributed by atoms with Gasteiger partial charge in [-0.05, 0) is 19.8 Å². The maximum absolute atomic E-state index is 11.8. The molecule has 0 bridgehead atoms. The third-order valence-corrected chi connectivity index (χ3v) is 2.67. The van der Waals surface area contributed by atoms with E-state index in [0.29, 0.717) is 19.7 Å². The van der Waals surface area contributed by atoms with E-state index in [9.17, 15) is 9.59 Å². The average molecular weight is 274 g/mol. The molecule has 2 N–H and O–H groups in total. The van der Waals surface area contributed by atoms with Gasteiger partial charge >= 0.3 is 12.0 Å². The summed E-state index contributed by atoms with van der Waals surface area (Å²) in [6.45, 7) is 8.11. The number of carbonyl (C=O) groups excluding carboxylic acids is 1. The molecule has 0 aromatic heterocycles. The number of nitrogens with zero attached hydrogens (tertiary/aromatic N) is 1. The molecular formula is C13H26N2O4. The van der Waals surface area contributed by atoms with Crippen LogP contribution in [0.3, 0.4) is 0 Å². The molecule has 6 heteroatoms. The minimum Gasteiger partial charge on any atom is -0.481 e. The topological polar surface area (TPSA) is 78.9 Å². The standard InChI is InChI=1S/C13H26N2O4/c1-4-8-19-9-6-7-14-13(18)15(5-2)10-11(3)12(16)17/h11H,4-10H2,1-3H3,(H,14,18)(H,16,17). The SMILES string of the molecule is CCCOCCCNC(=O)N(CC)CC(C)C(=O)O. The molecule has 0 rings (SSSR count). The predicted molar refractivity (Wildman–Crippen MR) is 73.2 cm³/mol. The van der Waals surface area contributed by atoms with Gasteiger partial charge in [0, 0.05) is 32.8 Å². The summed E-state index contributed by atoms with van der Waals surface area (Å²) in [5.41, 5.74) is 0. The van der Waals surface area contributed by atoms with Gasteiger partial charge in [0.15, 0.2) is 0 Å². The minimum absolute atomic E-state index is 0.217. The Bertz CT molecular complexity index is 271.